The molecule has 8 atom stereocenters. The number of nitrogens with zero attached hydrogens (tertiary/aromatic N) is 6. The number of H-pyrrole nitrogens is 2. The quantitative estimate of drug-likeness (QED) is 0.157. The van der Waals surface area contributed by atoms with Gasteiger partial charge >= 0.3 is 0 Å². The zero-order valence-electron chi connectivity index (χ0n) is 78.8. The average Bonchev–Trinajstić information content (AvgIpc) is 1.15. The van der Waals surface area contributed by atoms with E-state index in [4.69, 9.17) is 29.9 Å². The zero-order chi connectivity index (χ0) is 88.6. The lowest BCUT2D eigenvalue weighted by Gasteiger charge is -2.43. The summed E-state index contributed by atoms with van der Waals surface area (Å²) in [5.41, 5.74) is 49.3. The first-order chi connectivity index (χ1) is 60.4. The third-order valence-corrected chi connectivity index (χ3v) is 31.7. The van der Waals surface area contributed by atoms with Crippen molar-refractivity contribution in [2.45, 2.75) is 257 Å². The highest BCUT2D eigenvalue weighted by Gasteiger charge is 2.50. The molecule has 12 aliphatic carbocycles. The number of nitrogens with one attached hydrogen (secondary N) is 2. The Morgan fingerprint density at radius 2 is 0.289 bits per heavy atom. The molecule has 2 aliphatic heterocycles. The van der Waals surface area contributed by atoms with Crippen LogP contribution in [0, 0.1) is 0 Å². The highest BCUT2D eigenvalue weighted by molar-refractivity contribution is 6.08. The summed E-state index contributed by atoms with van der Waals surface area (Å²) in [6.07, 6.45) is 0. The number of hydrogen-bond acceptors (Lipinski definition) is 6. The monoisotopic (exact) mass is 1670 g/mol. The Morgan fingerprint density at radius 1 is 0.156 bits per heavy atom. The lowest BCUT2D eigenvalue weighted by Crippen LogP contribution is -2.29. The highest BCUT2D eigenvalue weighted by Crippen LogP contribution is 2.65. The second-order valence-electron chi connectivity index (χ2n) is 47.9. The standard InChI is InChI=1S/C120H114N8/c1-113(2,3)57-25-33-65-73(41-57)97-66-34-26-58(114(4,5)6)42-74(66)98(65)82-50-90-89(49-81(82)97)105-121-106(90)126-108-93-53-85-86(102-70-38-30-61(117(13,14)15)45-77(70)101(85)69-37-29-62(46-78(69)102)118(16,17)18)54-94(93)110(123-108)128-112-96-56-88-87(103-71-39-31-64(120(22,23)24)48-80(71)104(88)72-40-32-63(47-79(72)103)119(19,20)21)55-95(96)111(124-112)127-109-92-52-84-83(51-91(92)107(122-109)125-105)99-67-35-27-60(116(10,11)12)44-76(67)100(84)68-36-28-59(43-75(68)99)115(7,8)9/h25-56,97-104H,1-24H3,(H2,121,122,123,124,125,126,127,128). The topological polar surface area (TPSA) is 109 Å². The van der Waals surface area contributed by atoms with Crippen molar-refractivity contribution in [3.05, 3.63) is 372 Å². The van der Waals surface area contributed by atoms with E-state index in [1.165, 1.54) is 178 Å². The molecule has 29 rings (SSSR count). The van der Waals surface area contributed by atoms with Gasteiger partial charge in [-0.2, -0.15) is 0 Å². The molecule has 0 saturated carbocycles. The third-order valence-electron chi connectivity index (χ3n) is 31.7. The first-order valence-corrected chi connectivity index (χ1v) is 47.1. The highest BCUT2D eigenvalue weighted by atomic mass is 15.1. The maximum absolute atomic E-state index is 6.13. The van der Waals surface area contributed by atoms with Gasteiger partial charge in [-0.05, 0) is 270 Å². The summed E-state index contributed by atoms with van der Waals surface area (Å²) >= 11 is 0. The molecule has 0 amide bonds. The molecule has 0 radical (unpaired) electrons. The first kappa shape index (κ1) is 78.3. The maximum Gasteiger partial charge on any atom is 0.164 e. The predicted octanol–water partition coefficient (Wildman–Crippen LogP) is 29.2. The lowest BCUT2D eigenvalue weighted by molar-refractivity contribution is 0.583. The fourth-order valence-corrected chi connectivity index (χ4v) is 24.6. The van der Waals surface area contributed by atoms with E-state index in [1.807, 2.05) is 0 Å². The van der Waals surface area contributed by atoms with Crippen LogP contribution < -0.4 is 0 Å². The van der Waals surface area contributed by atoms with Gasteiger partial charge in [0.15, 0.2) is 23.3 Å². The Bertz CT molecular complexity index is 6910. The molecule has 634 valence electrons. The Morgan fingerprint density at radius 3 is 0.430 bits per heavy atom. The molecule has 8 nitrogen and oxygen atoms in total. The summed E-state index contributed by atoms with van der Waals surface area (Å²) in [5, 5.41) is 3.94. The molecular weight excluding hydrogens is 1550 g/mol. The summed E-state index contributed by atoms with van der Waals surface area (Å²) in [6.45, 7) is 56.4. The van der Waals surface area contributed by atoms with Crippen LogP contribution in [0.15, 0.2) is 194 Å². The van der Waals surface area contributed by atoms with E-state index in [9.17, 15) is 0 Å². The van der Waals surface area contributed by atoms with Crippen LogP contribution in [0.4, 0.5) is 0 Å². The predicted molar refractivity (Wildman–Crippen MR) is 525 cm³/mol. The lowest BCUT2D eigenvalue weighted by atomic mass is 9.59. The molecular formula is C120H114N8. The van der Waals surface area contributed by atoms with Gasteiger partial charge in [0.1, 0.15) is 22.6 Å². The van der Waals surface area contributed by atoms with Crippen molar-refractivity contribution in [3.8, 4) is 45.6 Å². The Hall–Kier alpha value is -12.0. The largest absolute Gasteiger partial charge is 0.324 e. The number of aromatic nitrogens is 8. The van der Waals surface area contributed by atoms with Gasteiger partial charge in [-0.3, -0.25) is 0 Å². The Labute approximate surface area is 753 Å². The summed E-state index contributed by atoms with van der Waals surface area (Å²) in [5.74, 6) is 2.14. The van der Waals surface area contributed by atoms with Crippen LogP contribution in [-0.4, -0.2) is 39.9 Å². The van der Waals surface area contributed by atoms with Crippen LogP contribution in [0.2, 0.25) is 0 Å². The number of fused-ring (bicyclic) bond motifs is 20. The molecule has 0 fully saturated rings. The molecule has 14 aliphatic rings. The Balaban J connectivity index is 0.806. The second kappa shape index (κ2) is 25.1. The van der Waals surface area contributed by atoms with Crippen molar-refractivity contribution < 1.29 is 0 Å². The van der Waals surface area contributed by atoms with Crippen LogP contribution in [-0.2, 0) is 43.3 Å². The number of aromatic amines is 2. The molecule has 0 spiro atoms. The van der Waals surface area contributed by atoms with Gasteiger partial charge in [-0.15, -0.1) is 0 Å². The van der Waals surface area contributed by atoms with Crippen LogP contribution in [0.25, 0.3) is 89.7 Å². The van der Waals surface area contributed by atoms with Crippen molar-refractivity contribution in [1.82, 2.24) is 39.9 Å². The Kier molecular flexibility index (Phi) is 15.4. The minimum Gasteiger partial charge on any atom is -0.324 e. The van der Waals surface area contributed by atoms with Crippen molar-refractivity contribution >= 4 is 44.1 Å². The van der Waals surface area contributed by atoms with E-state index in [-0.39, 0.29) is 90.7 Å². The third kappa shape index (κ3) is 11.0. The average molecular weight is 1670 g/mol. The van der Waals surface area contributed by atoms with Crippen LogP contribution in [0.1, 0.15) is 392 Å². The van der Waals surface area contributed by atoms with E-state index in [0.29, 0.717) is 45.9 Å². The van der Waals surface area contributed by atoms with Crippen molar-refractivity contribution in [2.24, 2.45) is 0 Å². The summed E-state index contributed by atoms with van der Waals surface area (Å²) in [7, 11) is 0. The smallest absolute Gasteiger partial charge is 0.164 e. The molecule has 15 aromatic rings. The maximum atomic E-state index is 6.13. The second-order valence-corrected chi connectivity index (χ2v) is 47.9. The molecule has 3 aromatic heterocycles. The van der Waals surface area contributed by atoms with Gasteiger partial charge < -0.3 is 9.97 Å². The molecule has 16 bridgehead atoms. The van der Waals surface area contributed by atoms with Crippen LogP contribution >= 0.6 is 0 Å². The van der Waals surface area contributed by atoms with E-state index < -0.39 is 0 Å². The summed E-state index contributed by atoms with van der Waals surface area (Å²) in [6, 6.07) is 79.2. The van der Waals surface area contributed by atoms with Crippen molar-refractivity contribution in [2.75, 3.05) is 0 Å². The van der Waals surface area contributed by atoms with E-state index >= 15 is 0 Å². The number of rotatable bonds is 0. The molecule has 12 aromatic carbocycles. The van der Waals surface area contributed by atoms with E-state index in [0.717, 1.165) is 43.8 Å². The molecule has 8 heteroatoms. The molecule has 2 N–H and O–H groups in total. The minimum absolute atomic E-state index is 0.0336. The number of benzene rings is 12. The van der Waals surface area contributed by atoms with Gasteiger partial charge in [0.25, 0.3) is 0 Å². The molecule has 0 saturated heterocycles. The fourth-order valence-electron chi connectivity index (χ4n) is 24.6. The normalized spacial score (nSPS) is 19.6. The van der Waals surface area contributed by atoms with Gasteiger partial charge in [-0.25, -0.2) is 29.9 Å². The zero-order valence-corrected chi connectivity index (χ0v) is 78.8. The molecule has 128 heavy (non-hydrogen) atoms. The summed E-state index contributed by atoms with van der Waals surface area (Å²) in [4.78, 5) is 44.7. The summed E-state index contributed by atoms with van der Waals surface area (Å²) < 4.78 is 0. The van der Waals surface area contributed by atoms with Gasteiger partial charge in [-0.1, -0.05) is 312 Å². The van der Waals surface area contributed by atoms with Gasteiger partial charge in [0.05, 0.1) is 0 Å². The van der Waals surface area contributed by atoms with Crippen LogP contribution in [0.5, 0.6) is 0 Å². The van der Waals surface area contributed by atoms with Gasteiger partial charge in [0.2, 0.25) is 0 Å². The van der Waals surface area contributed by atoms with Crippen molar-refractivity contribution in [3.63, 3.8) is 0 Å². The van der Waals surface area contributed by atoms with Crippen LogP contribution in [0.3, 0.4) is 0 Å². The van der Waals surface area contributed by atoms with Crippen molar-refractivity contribution in [1.29, 1.82) is 0 Å². The van der Waals surface area contributed by atoms with E-state index in [2.05, 4.69) is 370 Å². The minimum atomic E-state index is -0.0639. The molecule has 8 unspecified atom stereocenters. The molecule has 5 heterocycles. The number of hydrogen-bond donors (Lipinski definition) is 2. The first-order valence-electron chi connectivity index (χ1n) is 47.1. The van der Waals surface area contributed by atoms with E-state index in [1.54, 1.807) is 0 Å². The van der Waals surface area contributed by atoms with Gasteiger partial charge in [0, 0.05) is 91.1 Å². The fraction of sp³-hybridized carbons (Fsp3) is 0.333. The SMILES string of the molecule is CC(C)(C)c1ccc2c(c1)C1c3ccc(C(C)(C)C)cc3C2c2cc3c(cc21)-c1nc-3nc2[nH]c(nc3nc(nc4[nH]c(n1)c1cc5c(cc41)C1c4ccc(C(C)(C)C)cc4C5c4ccc(C(C)(C)C)cc41)-c1cc4c(cc1-3)C1c3ccc(C(C)(C)C)cc3C4c3ccc(C(C)(C)C)cc31)c1cc3c(cc21)C1c2ccc(C(C)(C)C)cc2C3c2ccc(C(C)(C)C)cc21.